The van der Waals surface area contributed by atoms with Crippen molar-refractivity contribution in [2.75, 3.05) is 32.8 Å². The average Bonchev–Trinajstić information content (AvgIpc) is 3.62. The SMILES string of the molecule is CCOC(=O)C1=C(C)N=C2SC=C(CC(=O)NCCN3CCCC3)N2C1c1cccc(OCc2ccccc2)c1. The molecule has 1 fully saturated rings. The molecule has 0 aliphatic carbocycles. The van der Waals surface area contributed by atoms with Gasteiger partial charge in [-0.1, -0.05) is 54.2 Å². The van der Waals surface area contributed by atoms with Gasteiger partial charge in [-0.05, 0) is 68.4 Å². The van der Waals surface area contributed by atoms with Crippen LogP contribution in [0, 0.1) is 0 Å². The van der Waals surface area contributed by atoms with Crippen molar-refractivity contribution in [3.8, 4) is 5.75 Å². The van der Waals surface area contributed by atoms with Crippen LogP contribution >= 0.6 is 11.8 Å². The first-order valence-electron chi connectivity index (χ1n) is 13.9. The summed E-state index contributed by atoms with van der Waals surface area (Å²) in [5.41, 5.74) is 3.82. The standard InChI is InChI=1S/C31H36N4O4S/c1-3-38-30(37)28-22(2)33-31-35(25(21-40-31)19-27(36)32-14-17-34-15-7-8-16-34)29(28)24-12-9-13-26(18-24)39-20-23-10-5-4-6-11-23/h4-6,9-13,18,21,29H,3,7-8,14-17,19-20H2,1-2H3,(H,32,36). The van der Waals surface area contributed by atoms with Gasteiger partial charge in [-0.25, -0.2) is 9.79 Å². The van der Waals surface area contributed by atoms with E-state index in [1.54, 1.807) is 6.92 Å². The number of likely N-dealkylation sites (tertiary alicyclic amines) is 1. The van der Waals surface area contributed by atoms with Gasteiger partial charge in [0.1, 0.15) is 12.4 Å². The van der Waals surface area contributed by atoms with Crippen molar-refractivity contribution in [1.82, 2.24) is 15.1 Å². The molecule has 9 heteroatoms. The van der Waals surface area contributed by atoms with Crippen LogP contribution < -0.4 is 10.1 Å². The van der Waals surface area contributed by atoms with Crippen molar-refractivity contribution < 1.29 is 19.1 Å². The number of rotatable bonds is 11. The minimum absolute atomic E-state index is 0.0463. The first kappa shape index (κ1) is 28.0. The lowest BCUT2D eigenvalue weighted by Crippen LogP contribution is -2.39. The Labute approximate surface area is 240 Å². The fourth-order valence-electron chi connectivity index (χ4n) is 5.26. The second-order valence-electron chi connectivity index (χ2n) is 10.0. The molecule has 1 saturated heterocycles. The van der Waals surface area contributed by atoms with E-state index in [4.69, 9.17) is 14.5 Å². The quantitative estimate of drug-likeness (QED) is 0.387. The number of nitrogens with one attached hydrogen (secondary N) is 1. The molecule has 0 radical (unpaired) electrons. The van der Waals surface area contributed by atoms with Crippen molar-refractivity contribution in [2.45, 2.75) is 45.8 Å². The topological polar surface area (TPSA) is 83.5 Å². The summed E-state index contributed by atoms with van der Waals surface area (Å²) in [6.45, 7) is 8.01. The number of carbonyl (C=O) groups excluding carboxylic acids is 2. The van der Waals surface area contributed by atoms with E-state index < -0.39 is 12.0 Å². The Morgan fingerprint density at radius 2 is 1.90 bits per heavy atom. The van der Waals surface area contributed by atoms with Crippen LogP contribution in [0.2, 0.25) is 0 Å². The summed E-state index contributed by atoms with van der Waals surface area (Å²) in [6.07, 6.45) is 2.65. The van der Waals surface area contributed by atoms with E-state index >= 15 is 0 Å². The van der Waals surface area contributed by atoms with Gasteiger partial charge in [0, 0.05) is 18.8 Å². The third kappa shape index (κ3) is 6.59. The number of hydrogen-bond acceptors (Lipinski definition) is 8. The van der Waals surface area contributed by atoms with Crippen LogP contribution in [-0.2, 0) is 20.9 Å². The predicted octanol–water partition coefficient (Wildman–Crippen LogP) is 5.01. The first-order chi connectivity index (χ1) is 19.5. The van der Waals surface area contributed by atoms with E-state index in [0.717, 1.165) is 41.6 Å². The van der Waals surface area contributed by atoms with Crippen LogP contribution in [0.1, 0.15) is 50.3 Å². The highest BCUT2D eigenvalue weighted by molar-refractivity contribution is 8.16. The number of benzene rings is 2. The van der Waals surface area contributed by atoms with Gasteiger partial charge in [0.05, 0.1) is 30.3 Å². The molecule has 8 nitrogen and oxygen atoms in total. The molecule has 0 bridgehead atoms. The summed E-state index contributed by atoms with van der Waals surface area (Å²) in [5.74, 6) is 0.244. The molecule has 3 aliphatic rings. The molecule has 210 valence electrons. The number of esters is 1. The number of amidine groups is 1. The molecule has 1 atom stereocenters. The summed E-state index contributed by atoms with van der Waals surface area (Å²) in [6, 6.07) is 17.3. The molecule has 0 spiro atoms. The fourth-order valence-corrected chi connectivity index (χ4v) is 6.22. The lowest BCUT2D eigenvalue weighted by Gasteiger charge is -2.36. The van der Waals surface area contributed by atoms with Crippen molar-refractivity contribution in [2.24, 2.45) is 4.99 Å². The van der Waals surface area contributed by atoms with Gasteiger partial charge in [0.2, 0.25) is 5.91 Å². The molecular formula is C31H36N4O4S. The molecule has 0 aromatic heterocycles. The van der Waals surface area contributed by atoms with Crippen LogP contribution in [-0.4, -0.2) is 59.6 Å². The normalized spacial score (nSPS) is 18.8. The van der Waals surface area contributed by atoms with Crippen molar-refractivity contribution in [1.29, 1.82) is 0 Å². The maximum atomic E-state index is 13.3. The number of aliphatic imine (C=N–C) groups is 1. The third-order valence-corrected chi connectivity index (χ3v) is 8.10. The number of carbonyl (C=O) groups is 2. The molecule has 40 heavy (non-hydrogen) atoms. The Morgan fingerprint density at radius 3 is 2.67 bits per heavy atom. The van der Waals surface area contributed by atoms with E-state index in [-0.39, 0.29) is 18.9 Å². The molecule has 1 amide bonds. The first-order valence-corrected chi connectivity index (χ1v) is 14.8. The zero-order valence-electron chi connectivity index (χ0n) is 23.1. The molecule has 3 aliphatic heterocycles. The minimum atomic E-state index is -0.495. The van der Waals surface area contributed by atoms with Crippen molar-refractivity contribution >= 4 is 28.8 Å². The van der Waals surface area contributed by atoms with Crippen LogP contribution in [0.15, 0.2) is 82.0 Å². The minimum Gasteiger partial charge on any atom is -0.489 e. The third-order valence-electron chi connectivity index (χ3n) is 7.21. The average molecular weight is 561 g/mol. The second-order valence-corrected chi connectivity index (χ2v) is 10.9. The van der Waals surface area contributed by atoms with Crippen LogP contribution in [0.25, 0.3) is 0 Å². The Morgan fingerprint density at radius 1 is 1.10 bits per heavy atom. The number of amides is 1. The molecule has 1 N–H and O–H groups in total. The Balaban J connectivity index is 1.37. The Kier molecular flexibility index (Phi) is 9.23. The van der Waals surface area contributed by atoms with E-state index in [9.17, 15) is 9.59 Å². The van der Waals surface area contributed by atoms with Crippen LogP contribution in [0.5, 0.6) is 5.75 Å². The lowest BCUT2D eigenvalue weighted by atomic mass is 9.93. The molecule has 2 aromatic rings. The lowest BCUT2D eigenvalue weighted by molar-refractivity contribution is -0.139. The predicted molar refractivity (Wildman–Crippen MR) is 158 cm³/mol. The van der Waals surface area contributed by atoms with Gasteiger partial charge in [-0.2, -0.15) is 0 Å². The second kappa shape index (κ2) is 13.2. The number of ether oxygens (including phenoxy) is 2. The Bertz CT molecular complexity index is 1320. The summed E-state index contributed by atoms with van der Waals surface area (Å²) < 4.78 is 11.6. The fraction of sp³-hybridized carbons (Fsp3) is 0.387. The highest BCUT2D eigenvalue weighted by Crippen LogP contribution is 2.45. The number of allylic oxidation sites excluding steroid dienone is 1. The highest BCUT2D eigenvalue weighted by atomic mass is 32.2. The summed E-state index contributed by atoms with van der Waals surface area (Å²) in [7, 11) is 0. The summed E-state index contributed by atoms with van der Waals surface area (Å²) in [5, 5.41) is 5.77. The van der Waals surface area contributed by atoms with Gasteiger partial charge >= 0.3 is 5.97 Å². The van der Waals surface area contributed by atoms with Gasteiger partial charge in [0.25, 0.3) is 0 Å². The van der Waals surface area contributed by atoms with Crippen LogP contribution in [0.3, 0.4) is 0 Å². The van der Waals surface area contributed by atoms with Gasteiger partial charge in [-0.15, -0.1) is 0 Å². The molecule has 3 heterocycles. The van der Waals surface area contributed by atoms with Gasteiger partial charge in [-0.3, -0.25) is 4.79 Å². The monoisotopic (exact) mass is 560 g/mol. The van der Waals surface area contributed by atoms with E-state index in [1.807, 2.05) is 71.8 Å². The maximum absolute atomic E-state index is 13.3. The number of nitrogens with zero attached hydrogens (tertiary/aromatic N) is 3. The molecule has 1 unspecified atom stereocenters. The highest BCUT2D eigenvalue weighted by Gasteiger charge is 2.41. The molecular weight excluding hydrogens is 524 g/mol. The molecule has 2 aromatic carbocycles. The van der Waals surface area contributed by atoms with Gasteiger partial charge < -0.3 is 24.6 Å². The van der Waals surface area contributed by atoms with Crippen molar-refractivity contribution in [3.05, 3.63) is 88.1 Å². The zero-order valence-corrected chi connectivity index (χ0v) is 23.9. The number of hydrogen-bond donors (Lipinski definition) is 1. The Hall–Kier alpha value is -3.56. The number of thioether (sulfide) groups is 1. The van der Waals surface area contributed by atoms with Crippen LogP contribution in [0.4, 0.5) is 0 Å². The summed E-state index contributed by atoms with van der Waals surface area (Å²) >= 11 is 1.47. The zero-order chi connectivity index (χ0) is 27.9. The largest absolute Gasteiger partial charge is 0.489 e. The van der Waals surface area contributed by atoms with E-state index in [1.165, 1.54) is 24.6 Å². The van der Waals surface area contributed by atoms with Crippen molar-refractivity contribution in [3.63, 3.8) is 0 Å². The van der Waals surface area contributed by atoms with Gasteiger partial charge in [0.15, 0.2) is 5.17 Å². The van der Waals surface area contributed by atoms with E-state index in [0.29, 0.717) is 30.2 Å². The molecule has 5 rings (SSSR count). The molecule has 0 saturated carbocycles. The summed E-state index contributed by atoms with van der Waals surface area (Å²) in [4.78, 5) is 35.3. The van der Waals surface area contributed by atoms with E-state index in [2.05, 4.69) is 10.2 Å². The number of fused-ring (bicyclic) bond motifs is 1. The smallest absolute Gasteiger partial charge is 0.338 e. The maximum Gasteiger partial charge on any atom is 0.338 e.